The molecular weight excluding hydrogens is 244 g/mol. The molecule has 1 aromatic heterocycles. The van der Waals surface area contributed by atoms with Crippen LogP contribution in [0.1, 0.15) is 43.5 Å². The molecule has 0 radical (unpaired) electrons. The Morgan fingerprint density at radius 3 is 2.81 bits per heavy atom. The highest BCUT2D eigenvalue weighted by molar-refractivity contribution is 8.02. The highest BCUT2D eigenvalue weighted by atomic mass is 32.2. The molecule has 4 nitrogen and oxygen atoms in total. The van der Waals surface area contributed by atoms with Crippen LogP contribution in [0.25, 0.3) is 0 Å². The Morgan fingerprint density at radius 1 is 1.50 bits per heavy atom. The zero-order valence-corrected chi connectivity index (χ0v) is 10.7. The maximum atomic E-state index is 10.7. The quantitative estimate of drug-likeness (QED) is 0.841. The Morgan fingerprint density at radius 2 is 2.19 bits per heavy atom. The van der Waals surface area contributed by atoms with Gasteiger partial charge in [0.2, 0.25) is 0 Å². The van der Waals surface area contributed by atoms with Crippen LogP contribution >= 0.6 is 23.1 Å². The molecule has 1 aliphatic carbocycles. The maximum Gasteiger partial charge on any atom is 0.316 e. The molecule has 1 N–H and O–H groups in total. The second kappa shape index (κ2) is 5.14. The number of hydrogen-bond donors (Lipinski definition) is 1. The Hall–Kier alpha value is -0.620. The molecule has 0 saturated heterocycles. The van der Waals surface area contributed by atoms with Gasteiger partial charge in [-0.25, -0.2) is 0 Å². The summed E-state index contributed by atoms with van der Waals surface area (Å²) in [7, 11) is 0. The fourth-order valence-corrected chi connectivity index (χ4v) is 3.92. The van der Waals surface area contributed by atoms with Crippen LogP contribution < -0.4 is 0 Å². The minimum Gasteiger partial charge on any atom is -0.480 e. The van der Waals surface area contributed by atoms with E-state index in [0.29, 0.717) is 5.92 Å². The number of aromatic nitrogens is 2. The lowest BCUT2D eigenvalue weighted by Gasteiger charge is -2.02. The number of carboxylic acid groups (broad SMARTS) is 1. The molecular formula is C10H14N2O2S2. The summed E-state index contributed by atoms with van der Waals surface area (Å²) in [4.78, 5) is 10.7. The lowest BCUT2D eigenvalue weighted by atomic mass is 10.1. The summed E-state index contributed by atoms with van der Waals surface area (Å²) >= 11 is 2.83. The van der Waals surface area contributed by atoms with Gasteiger partial charge in [0.1, 0.15) is 10.3 Å². The molecule has 0 aliphatic heterocycles. The van der Waals surface area contributed by atoms with Gasteiger partial charge in [0, 0.05) is 5.92 Å². The highest BCUT2D eigenvalue weighted by Gasteiger charge is 2.22. The van der Waals surface area contributed by atoms with Crippen molar-refractivity contribution >= 4 is 29.1 Å². The standard InChI is InChI=1S/C10H14N2O2S2/c1-6(9(13)14)15-10-12-11-8(16-10)7-4-2-3-5-7/h6-7H,2-5H2,1H3,(H,13,14). The van der Waals surface area contributed by atoms with E-state index in [4.69, 9.17) is 5.11 Å². The van der Waals surface area contributed by atoms with Gasteiger partial charge in [0.05, 0.1) is 0 Å². The van der Waals surface area contributed by atoms with Crippen LogP contribution in [0.3, 0.4) is 0 Å². The maximum absolute atomic E-state index is 10.7. The zero-order chi connectivity index (χ0) is 11.5. The predicted octanol–water partition coefficient (Wildman–Crippen LogP) is 2.76. The summed E-state index contributed by atoms with van der Waals surface area (Å²) in [6.45, 7) is 1.67. The van der Waals surface area contributed by atoms with Gasteiger partial charge in [0.25, 0.3) is 0 Å². The van der Waals surface area contributed by atoms with Crippen LogP contribution in [-0.4, -0.2) is 26.5 Å². The molecule has 16 heavy (non-hydrogen) atoms. The topological polar surface area (TPSA) is 63.1 Å². The molecule has 1 aromatic rings. The first-order valence-corrected chi connectivity index (χ1v) is 7.09. The zero-order valence-electron chi connectivity index (χ0n) is 9.05. The fraction of sp³-hybridized carbons (Fsp3) is 0.700. The molecule has 1 aliphatic rings. The lowest BCUT2D eigenvalue weighted by molar-refractivity contribution is -0.136. The number of aliphatic carboxylic acids is 1. The van der Waals surface area contributed by atoms with E-state index in [-0.39, 0.29) is 0 Å². The average Bonchev–Trinajstić information content (AvgIpc) is 2.85. The van der Waals surface area contributed by atoms with Crippen molar-refractivity contribution in [3.8, 4) is 0 Å². The van der Waals surface area contributed by atoms with E-state index in [0.717, 1.165) is 9.35 Å². The summed E-state index contributed by atoms with van der Waals surface area (Å²) in [5.74, 6) is -0.241. The van der Waals surface area contributed by atoms with Crippen molar-refractivity contribution in [1.82, 2.24) is 10.2 Å². The monoisotopic (exact) mass is 258 g/mol. The van der Waals surface area contributed by atoms with E-state index in [1.165, 1.54) is 37.4 Å². The van der Waals surface area contributed by atoms with Gasteiger partial charge >= 0.3 is 5.97 Å². The van der Waals surface area contributed by atoms with Gasteiger partial charge in [0.15, 0.2) is 4.34 Å². The van der Waals surface area contributed by atoms with Crippen LogP contribution in [0.5, 0.6) is 0 Å². The molecule has 0 aromatic carbocycles. The van der Waals surface area contributed by atoms with Gasteiger partial charge in [-0.2, -0.15) is 0 Å². The number of nitrogens with zero attached hydrogens (tertiary/aromatic N) is 2. The van der Waals surface area contributed by atoms with E-state index >= 15 is 0 Å². The minimum absolute atomic E-state index is 0.454. The van der Waals surface area contributed by atoms with Gasteiger partial charge in [-0.15, -0.1) is 10.2 Å². The molecule has 0 spiro atoms. The third kappa shape index (κ3) is 2.74. The van der Waals surface area contributed by atoms with Crippen molar-refractivity contribution in [3.63, 3.8) is 0 Å². The van der Waals surface area contributed by atoms with Crippen molar-refractivity contribution < 1.29 is 9.90 Å². The second-order valence-electron chi connectivity index (χ2n) is 3.99. The molecule has 1 unspecified atom stereocenters. The van der Waals surface area contributed by atoms with Gasteiger partial charge in [-0.1, -0.05) is 35.9 Å². The van der Waals surface area contributed by atoms with Crippen LogP contribution in [0, 0.1) is 0 Å². The number of thioether (sulfide) groups is 1. The molecule has 0 bridgehead atoms. The minimum atomic E-state index is -0.803. The Kier molecular flexibility index (Phi) is 3.81. The van der Waals surface area contributed by atoms with E-state index < -0.39 is 11.2 Å². The first kappa shape index (κ1) is 11.9. The Bertz CT molecular complexity index is 375. The van der Waals surface area contributed by atoms with E-state index in [1.54, 1.807) is 18.3 Å². The van der Waals surface area contributed by atoms with Crippen molar-refractivity contribution in [2.24, 2.45) is 0 Å². The normalized spacial score (nSPS) is 18.8. The molecule has 1 atom stereocenters. The first-order valence-electron chi connectivity index (χ1n) is 5.39. The van der Waals surface area contributed by atoms with Crippen LogP contribution in [-0.2, 0) is 4.79 Å². The molecule has 88 valence electrons. The molecule has 0 amide bonds. The highest BCUT2D eigenvalue weighted by Crippen LogP contribution is 2.37. The van der Waals surface area contributed by atoms with E-state index in [2.05, 4.69) is 10.2 Å². The fourth-order valence-electron chi connectivity index (χ4n) is 1.81. The summed E-state index contributed by atoms with van der Waals surface area (Å²) in [5, 5.41) is 17.6. The Balaban J connectivity index is 1.99. The van der Waals surface area contributed by atoms with Crippen molar-refractivity contribution in [2.75, 3.05) is 0 Å². The largest absolute Gasteiger partial charge is 0.480 e. The molecule has 6 heteroatoms. The number of hydrogen-bond acceptors (Lipinski definition) is 5. The molecule has 2 rings (SSSR count). The van der Waals surface area contributed by atoms with Crippen LogP contribution in [0.2, 0.25) is 0 Å². The van der Waals surface area contributed by atoms with Crippen molar-refractivity contribution in [2.45, 2.75) is 48.1 Å². The predicted molar refractivity (Wildman–Crippen MR) is 64.1 cm³/mol. The number of carboxylic acids is 1. The van der Waals surface area contributed by atoms with Crippen molar-refractivity contribution in [1.29, 1.82) is 0 Å². The van der Waals surface area contributed by atoms with E-state index in [9.17, 15) is 4.79 Å². The van der Waals surface area contributed by atoms with Gasteiger partial charge in [-0.05, 0) is 19.8 Å². The molecule has 1 fully saturated rings. The number of rotatable bonds is 4. The van der Waals surface area contributed by atoms with Gasteiger partial charge < -0.3 is 5.11 Å². The van der Waals surface area contributed by atoms with Crippen molar-refractivity contribution in [3.05, 3.63) is 5.01 Å². The SMILES string of the molecule is CC(Sc1nnc(C2CCCC2)s1)C(=O)O. The lowest BCUT2D eigenvalue weighted by Crippen LogP contribution is -2.10. The first-order chi connectivity index (χ1) is 7.66. The summed E-state index contributed by atoms with van der Waals surface area (Å²) in [6.07, 6.45) is 4.96. The smallest absolute Gasteiger partial charge is 0.316 e. The van der Waals surface area contributed by atoms with Gasteiger partial charge in [-0.3, -0.25) is 4.79 Å². The van der Waals surface area contributed by atoms with Crippen LogP contribution in [0.4, 0.5) is 0 Å². The number of carbonyl (C=O) groups is 1. The summed E-state index contributed by atoms with van der Waals surface area (Å²) in [5.41, 5.74) is 0. The third-order valence-electron chi connectivity index (χ3n) is 2.75. The second-order valence-corrected chi connectivity index (χ2v) is 6.58. The average molecular weight is 258 g/mol. The third-order valence-corrected chi connectivity index (χ3v) is 5.01. The van der Waals surface area contributed by atoms with E-state index in [1.807, 2.05) is 0 Å². The molecule has 1 saturated carbocycles. The van der Waals surface area contributed by atoms with Crippen LogP contribution in [0.15, 0.2) is 4.34 Å². The Labute approximate surface area is 102 Å². The molecule has 1 heterocycles. The summed E-state index contributed by atoms with van der Waals surface area (Å²) in [6, 6.07) is 0. The summed E-state index contributed by atoms with van der Waals surface area (Å²) < 4.78 is 0.775.